The molecule has 0 unspecified atom stereocenters. The molecule has 0 spiro atoms. The highest BCUT2D eigenvalue weighted by Gasteiger charge is 1.99. The van der Waals surface area contributed by atoms with Crippen molar-refractivity contribution in [3.05, 3.63) is 34.0 Å². The Morgan fingerprint density at radius 2 is 1.77 bits per heavy atom. The summed E-state index contributed by atoms with van der Waals surface area (Å²) in [7, 11) is 0. The molecule has 0 saturated heterocycles. The van der Waals surface area contributed by atoms with Gasteiger partial charge in [-0.2, -0.15) is 0 Å². The Morgan fingerprint density at radius 1 is 1.08 bits per heavy atom. The van der Waals surface area contributed by atoms with Gasteiger partial charge in [-0.05, 0) is 31.9 Å². The summed E-state index contributed by atoms with van der Waals surface area (Å²) >= 11 is 6.51. The molecule has 0 amide bonds. The Kier molecular flexibility index (Phi) is 2.41. The normalized spacial score (nSPS) is 10.3. The lowest BCUT2D eigenvalue weighted by Crippen LogP contribution is -1.96. The highest BCUT2D eigenvalue weighted by molar-refractivity contribution is 9.10. The smallest absolute Gasteiger partial charge is 0.234 e. The first kappa shape index (κ1) is 8.83. The predicted molar refractivity (Wildman–Crippen MR) is 54.6 cm³/mol. The van der Waals surface area contributed by atoms with E-state index in [0.717, 1.165) is 9.08 Å². The second-order valence-corrected chi connectivity index (χ2v) is 4.03. The van der Waals surface area contributed by atoms with E-state index in [1.807, 2.05) is 0 Å². The van der Waals surface area contributed by atoms with Gasteiger partial charge in [0.15, 0.2) is 0 Å². The molecule has 6 heteroatoms. The molecule has 2 aromatic rings. The molecule has 2 heterocycles. The SMILES string of the molecule is Brc1cnc(-n2cnc(Br)c2)nc1. The fourth-order valence-corrected chi connectivity index (χ4v) is 1.36. The van der Waals surface area contributed by atoms with Crippen molar-refractivity contribution in [2.45, 2.75) is 0 Å². The van der Waals surface area contributed by atoms with Crippen molar-refractivity contribution in [2.75, 3.05) is 0 Å². The minimum atomic E-state index is 0.599. The molecule has 0 radical (unpaired) electrons. The van der Waals surface area contributed by atoms with Gasteiger partial charge in [0.2, 0.25) is 5.95 Å². The number of hydrogen-bond donors (Lipinski definition) is 0. The lowest BCUT2D eigenvalue weighted by atomic mass is 10.7. The van der Waals surface area contributed by atoms with Gasteiger partial charge in [-0.25, -0.2) is 15.0 Å². The molecule has 0 N–H and O–H groups in total. The van der Waals surface area contributed by atoms with E-state index >= 15 is 0 Å². The average Bonchev–Trinajstić information content (AvgIpc) is 2.53. The van der Waals surface area contributed by atoms with Crippen molar-refractivity contribution < 1.29 is 0 Å². The molecular weight excluding hydrogens is 300 g/mol. The molecule has 2 aromatic heterocycles. The van der Waals surface area contributed by atoms with Crippen LogP contribution in [0.2, 0.25) is 0 Å². The van der Waals surface area contributed by atoms with Crippen LogP contribution in [0.1, 0.15) is 0 Å². The third-order valence-electron chi connectivity index (χ3n) is 1.39. The van der Waals surface area contributed by atoms with E-state index in [1.165, 1.54) is 0 Å². The van der Waals surface area contributed by atoms with Crippen molar-refractivity contribution in [1.29, 1.82) is 0 Å². The largest absolute Gasteiger partial charge is 0.273 e. The van der Waals surface area contributed by atoms with Crippen molar-refractivity contribution in [2.24, 2.45) is 0 Å². The number of halogens is 2. The summed E-state index contributed by atoms with van der Waals surface area (Å²) in [6.07, 6.45) is 6.82. The molecule has 13 heavy (non-hydrogen) atoms. The van der Waals surface area contributed by atoms with E-state index in [0.29, 0.717) is 5.95 Å². The third kappa shape index (κ3) is 1.94. The minimum absolute atomic E-state index is 0.599. The van der Waals surface area contributed by atoms with Gasteiger partial charge in [0.1, 0.15) is 10.9 Å². The van der Waals surface area contributed by atoms with Gasteiger partial charge in [0.25, 0.3) is 0 Å². The zero-order valence-corrected chi connectivity index (χ0v) is 9.53. The fourth-order valence-electron chi connectivity index (χ4n) is 0.847. The summed E-state index contributed by atoms with van der Waals surface area (Å²) in [5.74, 6) is 0.599. The van der Waals surface area contributed by atoms with Gasteiger partial charge >= 0.3 is 0 Å². The first-order valence-electron chi connectivity index (χ1n) is 3.43. The number of imidazole rings is 1. The maximum absolute atomic E-state index is 4.11. The maximum atomic E-state index is 4.11. The lowest BCUT2D eigenvalue weighted by Gasteiger charge is -1.97. The van der Waals surface area contributed by atoms with Crippen molar-refractivity contribution >= 4 is 31.9 Å². The monoisotopic (exact) mass is 302 g/mol. The first-order chi connectivity index (χ1) is 6.25. The maximum Gasteiger partial charge on any atom is 0.234 e. The van der Waals surface area contributed by atoms with Gasteiger partial charge in [-0.15, -0.1) is 0 Å². The van der Waals surface area contributed by atoms with E-state index in [9.17, 15) is 0 Å². The number of aromatic nitrogens is 4. The first-order valence-corrected chi connectivity index (χ1v) is 5.02. The molecule has 0 fully saturated rings. The molecule has 0 aliphatic carbocycles. The second-order valence-electron chi connectivity index (χ2n) is 2.30. The topological polar surface area (TPSA) is 43.6 Å². The Hall–Kier alpha value is -0.750. The number of nitrogens with zero attached hydrogens (tertiary/aromatic N) is 4. The molecule has 0 atom stereocenters. The molecule has 0 aromatic carbocycles. The summed E-state index contributed by atoms with van der Waals surface area (Å²) in [4.78, 5) is 12.2. The molecule has 2 rings (SSSR count). The van der Waals surface area contributed by atoms with Crippen LogP contribution in [0.15, 0.2) is 34.0 Å². The fraction of sp³-hybridized carbons (Fsp3) is 0. The van der Waals surface area contributed by atoms with Crippen LogP contribution in [0.25, 0.3) is 5.95 Å². The van der Waals surface area contributed by atoms with Crippen LogP contribution in [-0.4, -0.2) is 19.5 Å². The molecule has 66 valence electrons. The van der Waals surface area contributed by atoms with Crippen LogP contribution in [-0.2, 0) is 0 Å². The summed E-state index contributed by atoms with van der Waals surface area (Å²) < 4.78 is 3.35. The quantitative estimate of drug-likeness (QED) is 0.811. The second kappa shape index (κ2) is 3.55. The van der Waals surface area contributed by atoms with Gasteiger partial charge in [-0.3, -0.25) is 4.57 Å². The third-order valence-corrected chi connectivity index (χ3v) is 2.21. The van der Waals surface area contributed by atoms with Crippen LogP contribution in [0.3, 0.4) is 0 Å². The highest BCUT2D eigenvalue weighted by Crippen LogP contribution is 2.10. The zero-order chi connectivity index (χ0) is 9.26. The van der Waals surface area contributed by atoms with Crippen LogP contribution in [0.4, 0.5) is 0 Å². The van der Waals surface area contributed by atoms with Gasteiger partial charge in [-0.1, -0.05) is 0 Å². The molecule has 0 bridgehead atoms. The standard InChI is InChI=1S/C7H4Br2N4/c8-5-1-10-7(11-2-5)13-3-6(9)12-4-13/h1-4H. The van der Waals surface area contributed by atoms with Crippen LogP contribution in [0.5, 0.6) is 0 Å². The van der Waals surface area contributed by atoms with Crippen molar-refractivity contribution in [3.63, 3.8) is 0 Å². The summed E-state index contributed by atoms with van der Waals surface area (Å²) in [6, 6.07) is 0. The number of hydrogen-bond acceptors (Lipinski definition) is 3. The Balaban J connectivity index is 2.41. The predicted octanol–water partition coefficient (Wildman–Crippen LogP) is 2.19. The molecule has 4 nitrogen and oxygen atoms in total. The Morgan fingerprint density at radius 3 is 2.31 bits per heavy atom. The molecular formula is C7H4Br2N4. The van der Waals surface area contributed by atoms with Gasteiger partial charge in [0, 0.05) is 18.6 Å². The van der Waals surface area contributed by atoms with Crippen LogP contribution < -0.4 is 0 Å². The van der Waals surface area contributed by atoms with Gasteiger partial charge < -0.3 is 0 Å². The van der Waals surface area contributed by atoms with Crippen LogP contribution in [0, 0.1) is 0 Å². The Bertz CT molecular complexity index is 409. The zero-order valence-electron chi connectivity index (χ0n) is 6.35. The van der Waals surface area contributed by atoms with E-state index in [-0.39, 0.29) is 0 Å². The van der Waals surface area contributed by atoms with Crippen molar-refractivity contribution in [1.82, 2.24) is 19.5 Å². The van der Waals surface area contributed by atoms with E-state index in [2.05, 4.69) is 46.8 Å². The molecule has 0 aliphatic heterocycles. The van der Waals surface area contributed by atoms with Gasteiger partial charge in [0.05, 0.1) is 4.47 Å². The summed E-state index contributed by atoms with van der Waals surface area (Å²) in [6.45, 7) is 0. The summed E-state index contributed by atoms with van der Waals surface area (Å²) in [5, 5.41) is 0. The van der Waals surface area contributed by atoms with E-state index < -0.39 is 0 Å². The minimum Gasteiger partial charge on any atom is -0.273 e. The van der Waals surface area contributed by atoms with E-state index in [4.69, 9.17) is 0 Å². The average molecular weight is 304 g/mol. The number of rotatable bonds is 1. The van der Waals surface area contributed by atoms with Crippen LogP contribution >= 0.6 is 31.9 Å². The Labute approximate surface area is 91.3 Å². The lowest BCUT2D eigenvalue weighted by molar-refractivity contribution is 0.921. The van der Waals surface area contributed by atoms with E-state index in [1.54, 1.807) is 29.5 Å². The molecule has 0 saturated carbocycles. The molecule has 0 aliphatic rings. The van der Waals surface area contributed by atoms with Crippen molar-refractivity contribution in [3.8, 4) is 5.95 Å². The summed E-state index contributed by atoms with van der Waals surface area (Å²) in [5.41, 5.74) is 0. The highest BCUT2D eigenvalue weighted by atomic mass is 79.9.